The van der Waals surface area contributed by atoms with Crippen molar-refractivity contribution in [2.45, 2.75) is 40.0 Å². The van der Waals surface area contributed by atoms with Gasteiger partial charge in [0.2, 0.25) is 0 Å². The molecule has 3 nitrogen and oxygen atoms in total. The van der Waals surface area contributed by atoms with Gasteiger partial charge in [-0.15, -0.1) is 0 Å². The Hall–Kier alpha value is -1.12. The molecule has 0 aliphatic heterocycles. The van der Waals surface area contributed by atoms with E-state index in [1.165, 1.54) is 0 Å². The summed E-state index contributed by atoms with van der Waals surface area (Å²) in [6.07, 6.45) is 4.89. The highest BCUT2D eigenvalue weighted by Crippen LogP contribution is 2.47. The number of carboxylic acids is 1. The number of carbonyl (C=O) groups excluding carboxylic acids is 1. The second kappa shape index (κ2) is 4.87. The van der Waals surface area contributed by atoms with E-state index in [-0.39, 0.29) is 17.6 Å². The minimum Gasteiger partial charge on any atom is -0.481 e. The first-order valence-electron chi connectivity index (χ1n) is 6.87. The van der Waals surface area contributed by atoms with Crippen molar-refractivity contribution in [3.05, 3.63) is 11.6 Å². The molecule has 0 aromatic heterocycles. The monoisotopic (exact) mass is 250 g/mol. The predicted molar refractivity (Wildman–Crippen MR) is 69.0 cm³/mol. The first kappa shape index (κ1) is 13.3. The molecule has 0 radical (unpaired) electrons. The van der Waals surface area contributed by atoms with Crippen LogP contribution in [0, 0.1) is 29.6 Å². The van der Waals surface area contributed by atoms with Crippen LogP contribution in [0.15, 0.2) is 11.6 Å². The lowest BCUT2D eigenvalue weighted by atomic mass is 9.59. The average molecular weight is 250 g/mol. The molecule has 0 saturated heterocycles. The zero-order chi connectivity index (χ0) is 13.4. The van der Waals surface area contributed by atoms with Gasteiger partial charge in [0, 0.05) is 5.92 Å². The number of allylic oxidation sites excluding steroid dienone is 2. The Morgan fingerprint density at radius 1 is 1.44 bits per heavy atom. The molecule has 0 aromatic carbocycles. The molecule has 1 saturated carbocycles. The van der Waals surface area contributed by atoms with Gasteiger partial charge in [-0.3, -0.25) is 9.59 Å². The van der Waals surface area contributed by atoms with Crippen LogP contribution in [0.1, 0.15) is 40.0 Å². The molecule has 5 atom stereocenters. The Morgan fingerprint density at radius 3 is 2.72 bits per heavy atom. The van der Waals surface area contributed by atoms with Gasteiger partial charge in [0.05, 0.1) is 5.92 Å². The Morgan fingerprint density at radius 2 is 2.11 bits per heavy atom. The van der Waals surface area contributed by atoms with Crippen molar-refractivity contribution < 1.29 is 14.7 Å². The van der Waals surface area contributed by atoms with Crippen LogP contribution in [-0.2, 0) is 9.59 Å². The molecule has 0 aromatic rings. The zero-order valence-corrected chi connectivity index (χ0v) is 11.3. The maximum absolute atomic E-state index is 12.4. The average Bonchev–Trinajstić information content (AvgIpc) is 2.33. The van der Waals surface area contributed by atoms with Crippen molar-refractivity contribution in [2.24, 2.45) is 29.6 Å². The van der Waals surface area contributed by atoms with Gasteiger partial charge in [-0.25, -0.2) is 0 Å². The quantitative estimate of drug-likeness (QED) is 0.819. The van der Waals surface area contributed by atoms with Gasteiger partial charge in [-0.1, -0.05) is 26.3 Å². The molecular weight excluding hydrogens is 228 g/mol. The second-order valence-corrected chi connectivity index (χ2v) is 6.02. The molecule has 2 rings (SSSR count). The highest BCUT2D eigenvalue weighted by molar-refractivity contribution is 5.98. The van der Waals surface area contributed by atoms with E-state index in [0.29, 0.717) is 11.8 Å². The summed E-state index contributed by atoms with van der Waals surface area (Å²) < 4.78 is 0. The van der Waals surface area contributed by atoms with Crippen molar-refractivity contribution in [2.75, 3.05) is 0 Å². The van der Waals surface area contributed by atoms with Gasteiger partial charge < -0.3 is 5.11 Å². The number of carboxylic acid groups (broad SMARTS) is 1. The summed E-state index contributed by atoms with van der Waals surface area (Å²) in [4.78, 5) is 23.6. The largest absolute Gasteiger partial charge is 0.481 e. The molecule has 0 bridgehead atoms. The number of carbonyl (C=O) groups is 2. The Balaban J connectivity index is 2.31. The minimum atomic E-state index is -0.770. The van der Waals surface area contributed by atoms with E-state index in [1.807, 2.05) is 13.0 Å². The molecule has 18 heavy (non-hydrogen) atoms. The third-order valence-corrected chi connectivity index (χ3v) is 5.03. The normalized spacial score (nSPS) is 37.7. The first-order valence-corrected chi connectivity index (χ1v) is 6.87. The molecule has 2 aliphatic carbocycles. The Kier molecular flexibility index (Phi) is 3.60. The lowest BCUT2D eigenvalue weighted by Crippen LogP contribution is -2.44. The fourth-order valence-corrected chi connectivity index (χ4v) is 3.71. The highest BCUT2D eigenvalue weighted by Gasteiger charge is 2.46. The highest BCUT2D eigenvalue weighted by atomic mass is 16.4. The van der Waals surface area contributed by atoms with E-state index < -0.39 is 11.9 Å². The molecule has 1 N–H and O–H groups in total. The summed E-state index contributed by atoms with van der Waals surface area (Å²) in [6, 6.07) is 0. The molecule has 1 fully saturated rings. The molecule has 0 spiro atoms. The van der Waals surface area contributed by atoms with Crippen LogP contribution in [0.25, 0.3) is 0 Å². The van der Waals surface area contributed by atoms with Crippen molar-refractivity contribution >= 4 is 11.8 Å². The van der Waals surface area contributed by atoms with Crippen molar-refractivity contribution in [3.63, 3.8) is 0 Å². The van der Waals surface area contributed by atoms with Crippen molar-refractivity contribution in [1.29, 1.82) is 0 Å². The third-order valence-electron chi connectivity index (χ3n) is 5.03. The summed E-state index contributed by atoms with van der Waals surface area (Å²) >= 11 is 0. The minimum absolute atomic E-state index is 0.0137. The molecule has 3 heteroatoms. The number of fused-ring (bicyclic) bond motifs is 1. The first-order chi connectivity index (χ1) is 8.43. The van der Waals surface area contributed by atoms with E-state index >= 15 is 0 Å². The van der Waals surface area contributed by atoms with Gasteiger partial charge in [0.15, 0.2) is 5.78 Å². The number of hydrogen-bond donors (Lipinski definition) is 1. The SMILES string of the molecule is CC1=CC[C@H]2C(C)CC[C@@H](C(C)C(=O)O)[C@H]2C1=O. The summed E-state index contributed by atoms with van der Waals surface area (Å²) in [5.74, 6) is -0.170. The topological polar surface area (TPSA) is 54.4 Å². The van der Waals surface area contributed by atoms with E-state index in [4.69, 9.17) is 0 Å². The fourth-order valence-electron chi connectivity index (χ4n) is 3.71. The second-order valence-electron chi connectivity index (χ2n) is 6.02. The van der Waals surface area contributed by atoms with Crippen LogP contribution in [0.2, 0.25) is 0 Å². The summed E-state index contributed by atoms with van der Waals surface area (Å²) in [6.45, 7) is 5.81. The Bertz CT molecular complexity index is 397. The Labute approximate surface area is 108 Å². The van der Waals surface area contributed by atoms with Gasteiger partial charge >= 0.3 is 5.97 Å². The predicted octanol–water partition coefficient (Wildman–Crippen LogP) is 2.90. The maximum atomic E-state index is 12.4. The number of rotatable bonds is 2. The van der Waals surface area contributed by atoms with E-state index in [0.717, 1.165) is 24.8 Å². The van der Waals surface area contributed by atoms with E-state index in [9.17, 15) is 14.7 Å². The van der Waals surface area contributed by atoms with Crippen molar-refractivity contribution in [3.8, 4) is 0 Å². The van der Waals surface area contributed by atoms with Crippen LogP contribution in [0.4, 0.5) is 0 Å². The molecule has 2 aliphatic rings. The number of Topliss-reactive ketones (excluding diaryl/α,β-unsaturated/α-hetero) is 1. The third kappa shape index (κ3) is 2.11. The van der Waals surface area contributed by atoms with Gasteiger partial charge in [-0.2, -0.15) is 0 Å². The van der Waals surface area contributed by atoms with Crippen LogP contribution >= 0.6 is 0 Å². The van der Waals surface area contributed by atoms with E-state index in [1.54, 1.807) is 6.92 Å². The van der Waals surface area contributed by atoms with Crippen molar-refractivity contribution in [1.82, 2.24) is 0 Å². The van der Waals surface area contributed by atoms with E-state index in [2.05, 4.69) is 6.92 Å². The summed E-state index contributed by atoms with van der Waals surface area (Å²) in [7, 11) is 0. The van der Waals surface area contributed by atoms with Crippen LogP contribution in [0.5, 0.6) is 0 Å². The summed E-state index contributed by atoms with van der Waals surface area (Å²) in [5, 5.41) is 9.22. The number of aliphatic carboxylic acids is 1. The van der Waals surface area contributed by atoms with Gasteiger partial charge in [-0.05, 0) is 43.1 Å². The lowest BCUT2D eigenvalue weighted by molar-refractivity contribution is -0.146. The zero-order valence-electron chi connectivity index (χ0n) is 11.3. The molecule has 2 unspecified atom stereocenters. The molecule has 100 valence electrons. The molecular formula is C15H22O3. The molecule has 0 heterocycles. The summed E-state index contributed by atoms with van der Waals surface area (Å²) in [5.41, 5.74) is 0.827. The maximum Gasteiger partial charge on any atom is 0.306 e. The van der Waals surface area contributed by atoms with Crippen LogP contribution in [-0.4, -0.2) is 16.9 Å². The smallest absolute Gasteiger partial charge is 0.306 e. The number of ketones is 1. The number of hydrogen-bond acceptors (Lipinski definition) is 2. The molecule has 0 amide bonds. The van der Waals surface area contributed by atoms with Gasteiger partial charge in [0.25, 0.3) is 0 Å². The van der Waals surface area contributed by atoms with Gasteiger partial charge in [0.1, 0.15) is 0 Å². The standard InChI is InChI=1S/C15H22O3/c1-8-4-7-12(10(3)15(17)18)13-11(8)6-5-9(2)14(13)16/h5,8,10-13H,4,6-7H2,1-3H3,(H,17,18)/t8?,10?,11-,12-,13-/m0/s1. The van der Waals surface area contributed by atoms with Crippen LogP contribution < -0.4 is 0 Å². The lowest BCUT2D eigenvalue weighted by Gasteiger charge is -2.44. The van der Waals surface area contributed by atoms with Crippen LogP contribution in [0.3, 0.4) is 0 Å². The fraction of sp³-hybridized carbons (Fsp3) is 0.733.